The van der Waals surface area contributed by atoms with Crippen molar-refractivity contribution < 1.29 is 19.1 Å². The predicted molar refractivity (Wildman–Crippen MR) is 101 cm³/mol. The lowest BCUT2D eigenvalue weighted by Gasteiger charge is -2.10. The lowest BCUT2D eigenvalue weighted by atomic mass is 10.1. The second-order valence-electron chi connectivity index (χ2n) is 5.32. The van der Waals surface area contributed by atoms with Crippen LogP contribution in [0.1, 0.15) is 5.56 Å². The average Bonchev–Trinajstić information content (AvgIpc) is 2.62. The van der Waals surface area contributed by atoms with Crippen LogP contribution in [0.2, 0.25) is 10.0 Å². The van der Waals surface area contributed by atoms with Gasteiger partial charge in [0.05, 0.1) is 37.9 Å². The molecule has 0 radical (unpaired) electrons. The molecule has 2 amide bonds. The van der Waals surface area contributed by atoms with Gasteiger partial charge in [-0.15, -0.1) is 0 Å². The summed E-state index contributed by atoms with van der Waals surface area (Å²) in [5.74, 6) is 0.424. The highest BCUT2D eigenvalue weighted by molar-refractivity contribution is 6.36. The average molecular weight is 397 g/mol. The van der Waals surface area contributed by atoms with Crippen LogP contribution in [-0.2, 0) is 16.0 Å². The summed E-state index contributed by atoms with van der Waals surface area (Å²) in [5, 5.41) is 5.96. The van der Waals surface area contributed by atoms with Crippen LogP contribution in [0.4, 0.5) is 5.69 Å². The number of anilines is 1. The van der Waals surface area contributed by atoms with Crippen molar-refractivity contribution in [3.05, 3.63) is 52.0 Å². The topological polar surface area (TPSA) is 76.7 Å². The van der Waals surface area contributed by atoms with Gasteiger partial charge in [0.1, 0.15) is 0 Å². The summed E-state index contributed by atoms with van der Waals surface area (Å²) in [7, 11) is 3.06. The van der Waals surface area contributed by atoms with Gasteiger partial charge in [-0.05, 0) is 35.9 Å². The number of hydrogen-bond acceptors (Lipinski definition) is 4. The zero-order valence-electron chi connectivity index (χ0n) is 14.3. The first-order chi connectivity index (χ1) is 12.4. The van der Waals surface area contributed by atoms with E-state index in [1.54, 1.807) is 30.3 Å². The maximum atomic E-state index is 12.0. The van der Waals surface area contributed by atoms with E-state index in [0.717, 1.165) is 5.56 Å². The zero-order valence-corrected chi connectivity index (χ0v) is 15.8. The fourth-order valence-corrected chi connectivity index (χ4v) is 2.66. The van der Waals surface area contributed by atoms with Gasteiger partial charge >= 0.3 is 0 Å². The Morgan fingerprint density at radius 1 is 0.962 bits per heavy atom. The molecule has 0 saturated heterocycles. The number of amides is 2. The SMILES string of the molecule is COc1ccc(CC(=O)NCC(=O)Nc2ccc(Cl)cc2Cl)cc1OC. The number of carbonyl (C=O) groups is 2. The molecule has 0 aliphatic carbocycles. The van der Waals surface area contributed by atoms with E-state index in [1.807, 2.05) is 0 Å². The van der Waals surface area contributed by atoms with Crippen LogP contribution in [0, 0.1) is 0 Å². The first-order valence-electron chi connectivity index (χ1n) is 7.65. The normalized spacial score (nSPS) is 10.2. The highest BCUT2D eigenvalue weighted by Crippen LogP contribution is 2.27. The Labute approximate surface area is 161 Å². The van der Waals surface area contributed by atoms with Crippen molar-refractivity contribution in [3.8, 4) is 11.5 Å². The minimum absolute atomic E-state index is 0.106. The van der Waals surface area contributed by atoms with E-state index in [-0.39, 0.29) is 18.9 Å². The minimum Gasteiger partial charge on any atom is -0.493 e. The Balaban J connectivity index is 1.87. The van der Waals surface area contributed by atoms with Gasteiger partial charge in [-0.25, -0.2) is 0 Å². The first-order valence-corrected chi connectivity index (χ1v) is 8.41. The number of methoxy groups -OCH3 is 2. The largest absolute Gasteiger partial charge is 0.493 e. The van der Waals surface area contributed by atoms with Crippen molar-refractivity contribution in [2.75, 3.05) is 26.1 Å². The second-order valence-corrected chi connectivity index (χ2v) is 6.16. The van der Waals surface area contributed by atoms with Gasteiger partial charge in [0.25, 0.3) is 0 Å². The standard InChI is InChI=1S/C18H18Cl2N2O4/c1-25-15-6-3-11(7-16(15)26-2)8-17(23)21-10-18(24)22-14-5-4-12(19)9-13(14)20/h3-7,9H,8,10H2,1-2H3,(H,21,23)(H,22,24). The van der Waals surface area contributed by atoms with E-state index < -0.39 is 5.91 Å². The number of carbonyl (C=O) groups excluding carboxylic acids is 2. The molecule has 6 nitrogen and oxygen atoms in total. The molecule has 0 heterocycles. The molecule has 0 aromatic heterocycles. The molecule has 2 rings (SSSR count). The molecule has 2 N–H and O–H groups in total. The van der Waals surface area contributed by atoms with Crippen molar-refractivity contribution in [2.45, 2.75) is 6.42 Å². The second kappa shape index (κ2) is 9.31. The van der Waals surface area contributed by atoms with Crippen LogP contribution in [-0.4, -0.2) is 32.6 Å². The van der Waals surface area contributed by atoms with Crippen LogP contribution in [0.15, 0.2) is 36.4 Å². The Bertz CT molecular complexity index is 812. The highest BCUT2D eigenvalue weighted by atomic mass is 35.5. The van der Waals surface area contributed by atoms with Crippen molar-refractivity contribution >= 4 is 40.7 Å². The molecule has 26 heavy (non-hydrogen) atoms. The fraction of sp³-hybridized carbons (Fsp3) is 0.222. The zero-order chi connectivity index (χ0) is 19.1. The molecule has 8 heteroatoms. The lowest BCUT2D eigenvalue weighted by molar-refractivity contribution is -0.123. The first kappa shape index (κ1) is 19.9. The number of rotatable bonds is 7. The molecule has 0 fully saturated rings. The van der Waals surface area contributed by atoms with E-state index in [4.69, 9.17) is 32.7 Å². The van der Waals surface area contributed by atoms with E-state index in [1.165, 1.54) is 20.3 Å². The highest BCUT2D eigenvalue weighted by Gasteiger charge is 2.11. The molecular formula is C18H18Cl2N2O4. The van der Waals surface area contributed by atoms with Gasteiger partial charge in [-0.1, -0.05) is 29.3 Å². The van der Waals surface area contributed by atoms with E-state index in [2.05, 4.69) is 10.6 Å². The molecule has 0 bridgehead atoms. The van der Waals surface area contributed by atoms with E-state index in [9.17, 15) is 9.59 Å². The molecule has 138 valence electrons. The predicted octanol–water partition coefficient (Wildman–Crippen LogP) is 3.31. The van der Waals surface area contributed by atoms with Gasteiger partial charge in [0, 0.05) is 5.02 Å². The summed E-state index contributed by atoms with van der Waals surface area (Å²) in [4.78, 5) is 24.0. The molecule has 0 aliphatic heterocycles. The Morgan fingerprint density at radius 2 is 1.69 bits per heavy atom. The number of halogens is 2. The van der Waals surface area contributed by atoms with Crippen LogP contribution in [0.3, 0.4) is 0 Å². The van der Waals surface area contributed by atoms with Gasteiger partial charge in [-0.2, -0.15) is 0 Å². The summed E-state index contributed by atoms with van der Waals surface area (Å²) in [5.41, 5.74) is 1.16. The molecule has 0 spiro atoms. The number of nitrogens with one attached hydrogen (secondary N) is 2. The number of hydrogen-bond donors (Lipinski definition) is 2. The molecule has 2 aromatic carbocycles. The van der Waals surface area contributed by atoms with E-state index >= 15 is 0 Å². The monoisotopic (exact) mass is 396 g/mol. The molecule has 0 aliphatic rings. The van der Waals surface area contributed by atoms with Crippen molar-refractivity contribution in [1.82, 2.24) is 5.32 Å². The summed E-state index contributed by atoms with van der Waals surface area (Å²) in [6.45, 7) is -0.176. The Hall–Kier alpha value is -2.44. The fourth-order valence-electron chi connectivity index (χ4n) is 2.20. The van der Waals surface area contributed by atoms with E-state index in [0.29, 0.717) is 27.2 Å². The maximum Gasteiger partial charge on any atom is 0.243 e. The summed E-state index contributed by atoms with van der Waals surface area (Å²) >= 11 is 11.8. The summed E-state index contributed by atoms with van der Waals surface area (Å²) in [6.07, 6.45) is 0.106. The van der Waals surface area contributed by atoms with Crippen molar-refractivity contribution in [3.63, 3.8) is 0 Å². The quantitative estimate of drug-likeness (QED) is 0.752. The van der Waals surface area contributed by atoms with Crippen LogP contribution >= 0.6 is 23.2 Å². The van der Waals surface area contributed by atoms with Gasteiger partial charge < -0.3 is 20.1 Å². The van der Waals surface area contributed by atoms with Crippen molar-refractivity contribution in [2.24, 2.45) is 0 Å². The maximum absolute atomic E-state index is 12.0. The third-order valence-electron chi connectivity index (χ3n) is 3.46. The summed E-state index contributed by atoms with van der Waals surface area (Å²) < 4.78 is 10.4. The molecule has 0 unspecified atom stereocenters. The smallest absolute Gasteiger partial charge is 0.243 e. The van der Waals surface area contributed by atoms with Crippen LogP contribution < -0.4 is 20.1 Å². The minimum atomic E-state index is -0.394. The van der Waals surface area contributed by atoms with Gasteiger partial charge in [0.2, 0.25) is 11.8 Å². The molecular weight excluding hydrogens is 379 g/mol. The third kappa shape index (κ3) is 5.54. The van der Waals surface area contributed by atoms with Gasteiger partial charge in [-0.3, -0.25) is 9.59 Å². The molecule has 0 atom stereocenters. The lowest BCUT2D eigenvalue weighted by Crippen LogP contribution is -2.33. The third-order valence-corrected chi connectivity index (χ3v) is 4.01. The number of benzene rings is 2. The Kier molecular flexibility index (Phi) is 7.12. The summed E-state index contributed by atoms with van der Waals surface area (Å²) in [6, 6.07) is 9.91. The van der Waals surface area contributed by atoms with Crippen LogP contribution in [0.25, 0.3) is 0 Å². The van der Waals surface area contributed by atoms with Gasteiger partial charge in [0.15, 0.2) is 11.5 Å². The van der Waals surface area contributed by atoms with Crippen LogP contribution in [0.5, 0.6) is 11.5 Å². The Morgan fingerprint density at radius 3 is 2.35 bits per heavy atom. The molecule has 2 aromatic rings. The molecule has 0 saturated carbocycles. The van der Waals surface area contributed by atoms with Crippen molar-refractivity contribution in [1.29, 1.82) is 0 Å². The number of ether oxygens (including phenoxy) is 2.